The van der Waals surface area contributed by atoms with E-state index >= 15 is 0 Å². The van der Waals surface area contributed by atoms with Crippen LogP contribution in [0, 0.1) is 5.82 Å². The van der Waals surface area contributed by atoms with Gasteiger partial charge in [0.15, 0.2) is 11.6 Å². The molecule has 0 aromatic carbocycles. The van der Waals surface area contributed by atoms with E-state index in [-0.39, 0.29) is 23.9 Å². The molecule has 1 aromatic heterocycles. The van der Waals surface area contributed by atoms with Crippen LogP contribution in [0.5, 0.6) is 0 Å². The van der Waals surface area contributed by atoms with E-state index in [9.17, 15) is 14.0 Å². The Morgan fingerprint density at radius 3 is 2.52 bits per heavy atom. The molecule has 1 aliphatic heterocycles. The van der Waals surface area contributed by atoms with Crippen LogP contribution in [0.1, 0.15) is 26.7 Å². The molecule has 136 valence electrons. The van der Waals surface area contributed by atoms with Crippen LogP contribution in [0.15, 0.2) is 12.1 Å². The van der Waals surface area contributed by atoms with Crippen molar-refractivity contribution in [3.8, 4) is 0 Å². The maximum absolute atomic E-state index is 14.3. The summed E-state index contributed by atoms with van der Waals surface area (Å²) < 4.78 is 19.3. The van der Waals surface area contributed by atoms with E-state index in [1.807, 2.05) is 0 Å². The third kappa shape index (κ3) is 3.83. The number of carbonyl (C=O) groups excluding carboxylic acids is 2. The molecule has 1 aliphatic carbocycles. The highest BCUT2D eigenvalue weighted by Gasteiger charge is 2.33. The van der Waals surface area contributed by atoms with Crippen LogP contribution >= 0.6 is 0 Å². The van der Waals surface area contributed by atoms with E-state index in [0.717, 1.165) is 12.8 Å². The summed E-state index contributed by atoms with van der Waals surface area (Å²) in [6, 6.07) is 3.07. The molecule has 3 rings (SSSR count). The zero-order valence-corrected chi connectivity index (χ0v) is 14.6. The first-order valence-corrected chi connectivity index (χ1v) is 8.64. The second-order valence-corrected chi connectivity index (χ2v) is 6.27. The molecule has 1 aromatic rings. The summed E-state index contributed by atoms with van der Waals surface area (Å²) in [5, 5.41) is 0. The molecule has 0 unspecified atom stereocenters. The van der Waals surface area contributed by atoms with E-state index in [2.05, 4.69) is 4.98 Å². The molecule has 0 radical (unpaired) electrons. The second kappa shape index (κ2) is 7.25. The molecule has 25 heavy (non-hydrogen) atoms. The Kier molecular flexibility index (Phi) is 5.06. The zero-order chi connectivity index (χ0) is 18.0. The van der Waals surface area contributed by atoms with E-state index in [1.165, 1.54) is 13.0 Å². The van der Waals surface area contributed by atoms with Gasteiger partial charge in [-0.15, -0.1) is 0 Å². The van der Waals surface area contributed by atoms with Crippen molar-refractivity contribution in [2.24, 2.45) is 0 Å². The fraction of sp³-hybridized carbons (Fsp3) is 0.588. The lowest BCUT2D eigenvalue weighted by Gasteiger charge is -2.35. The van der Waals surface area contributed by atoms with Crippen LogP contribution < -0.4 is 9.80 Å². The Bertz CT molecular complexity index is 657. The Morgan fingerprint density at radius 1 is 1.28 bits per heavy atom. The third-order valence-electron chi connectivity index (χ3n) is 4.42. The van der Waals surface area contributed by atoms with Crippen LogP contribution in [0.4, 0.5) is 20.8 Å². The summed E-state index contributed by atoms with van der Waals surface area (Å²) in [5.74, 6) is 0.208. The fourth-order valence-electron chi connectivity index (χ4n) is 3.03. The number of carbonyl (C=O) groups is 2. The number of amides is 2. The number of halogens is 1. The maximum atomic E-state index is 14.3. The van der Waals surface area contributed by atoms with Gasteiger partial charge in [0.1, 0.15) is 5.82 Å². The number of piperazine rings is 1. The highest BCUT2D eigenvalue weighted by molar-refractivity contribution is 5.91. The van der Waals surface area contributed by atoms with Gasteiger partial charge in [-0.1, -0.05) is 0 Å². The van der Waals surface area contributed by atoms with Crippen LogP contribution in [-0.2, 0) is 9.53 Å². The lowest BCUT2D eigenvalue weighted by atomic mass is 10.3. The topological polar surface area (TPSA) is 66.0 Å². The molecule has 2 heterocycles. The highest BCUT2D eigenvalue weighted by Crippen LogP contribution is 2.32. The number of nitrogens with zero attached hydrogens (tertiary/aromatic N) is 4. The highest BCUT2D eigenvalue weighted by atomic mass is 19.1. The van der Waals surface area contributed by atoms with Crippen LogP contribution in [0.25, 0.3) is 0 Å². The van der Waals surface area contributed by atoms with Crippen LogP contribution in [-0.4, -0.2) is 60.7 Å². The van der Waals surface area contributed by atoms with Gasteiger partial charge < -0.3 is 14.5 Å². The number of rotatable bonds is 4. The third-order valence-corrected chi connectivity index (χ3v) is 4.42. The molecular formula is C17H23FN4O3. The summed E-state index contributed by atoms with van der Waals surface area (Å²) in [7, 11) is 0. The quantitative estimate of drug-likeness (QED) is 0.831. The normalized spacial score (nSPS) is 17.4. The summed E-state index contributed by atoms with van der Waals surface area (Å²) in [6.07, 6.45) is 1.55. The molecule has 0 atom stereocenters. The predicted octanol–water partition coefficient (Wildman–Crippen LogP) is 2.01. The van der Waals surface area contributed by atoms with E-state index in [0.29, 0.717) is 38.6 Å². The van der Waals surface area contributed by atoms with Crippen LogP contribution in [0.3, 0.4) is 0 Å². The van der Waals surface area contributed by atoms with Gasteiger partial charge in [-0.25, -0.2) is 14.2 Å². The number of hydrogen-bond acceptors (Lipinski definition) is 5. The van der Waals surface area contributed by atoms with Gasteiger partial charge in [0, 0.05) is 39.1 Å². The lowest BCUT2D eigenvalue weighted by molar-refractivity contribution is -0.116. The Labute approximate surface area is 146 Å². The van der Waals surface area contributed by atoms with Crippen molar-refractivity contribution in [2.45, 2.75) is 32.7 Å². The largest absolute Gasteiger partial charge is 0.450 e. The van der Waals surface area contributed by atoms with Crippen molar-refractivity contribution in [3.63, 3.8) is 0 Å². The summed E-state index contributed by atoms with van der Waals surface area (Å²) in [6.45, 7) is 5.43. The standard InChI is InChI=1S/C17H23FN4O3/c1-3-25-17(24)21-10-8-20(9-11-21)16-14(18)6-7-15(19-16)22(12(2)23)13-4-5-13/h6-7,13H,3-5,8-11H2,1-2H3. The van der Waals surface area contributed by atoms with Crippen molar-refractivity contribution in [1.82, 2.24) is 9.88 Å². The molecule has 0 N–H and O–H groups in total. The van der Waals surface area contributed by atoms with Crippen molar-refractivity contribution in [1.29, 1.82) is 0 Å². The lowest BCUT2D eigenvalue weighted by Crippen LogP contribution is -2.49. The molecule has 1 saturated heterocycles. The summed E-state index contributed by atoms with van der Waals surface area (Å²) >= 11 is 0. The fourth-order valence-corrected chi connectivity index (χ4v) is 3.03. The first-order valence-electron chi connectivity index (χ1n) is 8.64. The van der Waals surface area contributed by atoms with Crippen molar-refractivity contribution in [2.75, 3.05) is 42.6 Å². The second-order valence-electron chi connectivity index (χ2n) is 6.27. The average molecular weight is 350 g/mol. The van der Waals surface area contributed by atoms with E-state index in [4.69, 9.17) is 4.74 Å². The monoisotopic (exact) mass is 350 g/mol. The first kappa shape index (κ1) is 17.4. The molecule has 0 spiro atoms. The molecule has 0 bridgehead atoms. The van der Waals surface area contributed by atoms with Crippen molar-refractivity contribution >= 4 is 23.6 Å². The smallest absolute Gasteiger partial charge is 0.409 e. The average Bonchev–Trinajstić information content (AvgIpc) is 3.41. The molecule has 8 heteroatoms. The van der Waals surface area contributed by atoms with Gasteiger partial charge >= 0.3 is 6.09 Å². The molecule has 1 saturated carbocycles. The zero-order valence-electron chi connectivity index (χ0n) is 14.6. The minimum atomic E-state index is -0.423. The van der Waals surface area contributed by atoms with Gasteiger partial charge in [0.05, 0.1) is 6.61 Å². The van der Waals surface area contributed by atoms with E-state index < -0.39 is 5.82 Å². The predicted molar refractivity (Wildman–Crippen MR) is 91.2 cm³/mol. The maximum Gasteiger partial charge on any atom is 0.409 e. The Balaban J connectivity index is 1.73. The molecule has 2 aliphatic rings. The summed E-state index contributed by atoms with van der Waals surface area (Å²) in [5.41, 5.74) is 0. The molecule has 2 amide bonds. The van der Waals surface area contributed by atoms with Gasteiger partial charge in [0.2, 0.25) is 5.91 Å². The molecule has 2 fully saturated rings. The van der Waals surface area contributed by atoms with Crippen molar-refractivity contribution in [3.05, 3.63) is 17.9 Å². The summed E-state index contributed by atoms with van der Waals surface area (Å²) in [4.78, 5) is 33.1. The van der Waals surface area contributed by atoms with Gasteiger partial charge in [-0.2, -0.15) is 0 Å². The Morgan fingerprint density at radius 2 is 1.96 bits per heavy atom. The van der Waals surface area contributed by atoms with Crippen molar-refractivity contribution < 1.29 is 18.7 Å². The number of anilines is 2. The number of pyridine rings is 1. The minimum Gasteiger partial charge on any atom is -0.450 e. The van der Waals surface area contributed by atoms with Gasteiger partial charge in [-0.3, -0.25) is 9.69 Å². The number of ether oxygens (including phenoxy) is 1. The SMILES string of the molecule is CCOC(=O)N1CCN(c2nc(N(C(C)=O)C3CC3)ccc2F)CC1. The minimum absolute atomic E-state index is 0.0836. The molecular weight excluding hydrogens is 327 g/mol. The number of aromatic nitrogens is 1. The Hall–Kier alpha value is -2.38. The molecule has 7 nitrogen and oxygen atoms in total. The van der Waals surface area contributed by atoms with Gasteiger partial charge in [0.25, 0.3) is 0 Å². The van der Waals surface area contributed by atoms with Gasteiger partial charge in [-0.05, 0) is 31.9 Å². The number of hydrogen-bond donors (Lipinski definition) is 0. The van der Waals surface area contributed by atoms with Crippen LogP contribution in [0.2, 0.25) is 0 Å². The first-order chi connectivity index (χ1) is 12.0. The van der Waals surface area contributed by atoms with E-state index in [1.54, 1.807) is 27.7 Å².